The molecular formula is C19H21F4N5O2. The van der Waals surface area contributed by atoms with Gasteiger partial charge in [0, 0.05) is 13.6 Å². The molecule has 1 atom stereocenters. The molecule has 1 aliphatic rings. The summed E-state index contributed by atoms with van der Waals surface area (Å²) in [5.74, 6) is -1.32. The Balaban J connectivity index is 1.78. The third-order valence-electron chi connectivity index (χ3n) is 4.64. The Morgan fingerprint density at radius 3 is 2.60 bits per heavy atom. The molecule has 0 bridgehead atoms. The Hall–Kier alpha value is -3.11. The van der Waals surface area contributed by atoms with Crippen LogP contribution in [0.3, 0.4) is 0 Å². The summed E-state index contributed by atoms with van der Waals surface area (Å²) in [5, 5.41) is 5.77. The van der Waals surface area contributed by atoms with Crippen molar-refractivity contribution < 1.29 is 27.1 Å². The van der Waals surface area contributed by atoms with Gasteiger partial charge in [-0.15, -0.1) is 13.2 Å². The summed E-state index contributed by atoms with van der Waals surface area (Å²) in [5.41, 5.74) is 1.44. The van der Waals surface area contributed by atoms with Gasteiger partial charge in [0.05, 0.1) is 5.69 Å². The number of aromatic nitrogens is 2. The van der Waals surface area contributed by atoms with E-state index in [1.54, 1.807) is 18.9 Å². The average molecular weight is 427 g/mol. The SMILES string of the molecule is Cc1nc(NCc2ccc(OC(F)(F)F)c(F)c2)nc2c1NC(=O)C(C(C)C)N2C. The second kappa shape index (κ2) is 7.96. The number of anilines is 3. The molecule has 3 rings (SSSR count). The normalized spacial score (nSPS) is 16.4. The molecule has 1 aromatic heterocycles. The van der Waals surface area contributed by atoms with E-state index in [1.165, 1.54) is 6.07 Å². The molecule has 2 N–H and O–H groups in total. The molecule has 1 aliphatic heterocycles. The van der Waals surface area contributed by atoms with E-state index in [0.717, 1.165) is 12.1 Å². The number of rotatable bonds is 5. The Kier molecular flexibility index (Phi) is 5.73. The van der Waals surface area contributed by atoms with Crippen molar-refractivity contribution in [1.82, 2.24) is 9.97 Å². The first-order valence-corrected chi connectivity index (χ1v) is 9.16. The number of amides is 1. The van der Waals surface area contributed by atoms with Crippen LogP contribution in [0.2, 0.25) is 0 Å². The van der Waals surface area contributed by atoms with E-state index in [1.807, 2.05) is 13.8 Å². The lowest BCUT2D eigenvalue weighted by atomic mass is 9.99. The third-order valence-corrected chi connectivity index (χ3v) is 4.64. The lowest BCUT2D eigenvalue weighted by Crippen LogP contribution is -2.49. The number of aryl methyl sites for hydroxylation is 1. The van der Waals surface area contributed by atoms with E-state index < -0.39 is 24.0 Å². The fraction of sp³-hybridized carbons (Fsp3) is 0.421. The van der Waals surface area contributed by atoms with Gasteiger partial charge < -0.3 is 20.3 Å². The number of nitrogens with zero attached hydrogens (tertiary/aromatic N) is 3. The number of alkyl halides is 3. The molecule has 0 saturated carbocycles. The smallest absolute Gasteiger partial charge is 0.403 e. The quantitative estimate of drug-likeness (QED) is 0.706. The van der Waals surface area contributed by atoms with Crippen molar-refractivity contribution in [1.29, 1.82) is 0 Å². The number of ether oxygens (including phenoxy) is 1. The van der Waals surface area contributed by atoms with Gasteiger partial charge in [-0.3, -0.25) is 4.79 Å². The molecule has 0 radical (unpaired) electrons. The molecule has 1 aromatic carbocycles. The van der Waals surface area contributed by atoms with Crippen LogP contribution in [0.5, 0.6) is 5.75 Å². The first kappa shape index (κ1) is 21.6. The molecule has 7 nitrogen and oxygen atoms in total. The first-order chi connectivity index (χ1) is 14.0. The van der Waals surface area contributed by atoms with Gasteiger partial charge in [0.15, 0.2) is 17.4 Å². The summed E-state index contributed by atoms with van der Waals surface area (Å²) in [4.78, 5) is 22.9. The number of halogens is 4. The highest BCUT2D eigenvalue weighted by Gasteiger charge is 2.35. The van der Waals surface area contributed by atoms with Crippen molar-refractivity contribution in [3.8, 4) is 5.75 Å². The number of carbonyl (C=O) groups excluding carboxylic acids is 1. The van der Waals surface area contributed by atoms with Crippen molar-refractivity contribution in [2.24, 2.45) is 5.92 Å². The van der Waals surface area contributed by atoms with Crippen molar-refractivity contribution >= 4 is 23.4 Å². The summed E-state index contributed by atoms with van der Waals surface area (Å²) in [6, 6.07) is 2.77. The molecule has 2 aromatic rings. The average Bonchev–Trinajstić information content (AvgIpc) is 2.62. The van der Waals surface area contributed by atoms with E-state index in [4.69, 9.17) is 0 Å². The topological polar surface area (TPSA) is 79.4 Å². The molecule has 162 valence electrons. The Morgan fingerprint density at radius 1 is 1.30 bits per heavy atom. The highest BCUT2D eigenvalue weighted by Crippen LogP contribution is 2.34. The van der Waals surface area contributed by atoms with Crippen LogP contribution in [-0.4, -0.2) is 35.3 Å². The fourth-order valence-corrected chi connectivity index (χ4v) is 3.34. The zero-order valence-electron chi connectivity index (χ0n) is 16.8. The number of nitrogens with one attached hydrogen (secondary N) is 2. The minimum atomic E-state index is -4.97. The number of hydrogen-bond donors (Lipinski definition) is 2. The summed E-state index contributed by atoms with van der Waals surface area (Å²) in [7, 11) is 1.77. The van der Waals surface area contributed by atoms with Gasteiger partial charge in [-0.05, 0) is 30.5 Å². The van der Waals surface area contributed by atoms with Crippen LogP contribution in [0.1, 0.15) is 25.1 Å². The summed E-state index contributed by atoms with van der Waals surface area (Å²) in [6.45, 7) is 5.66. The molecule has 2 heterocycles. The third kappa shape index (κ3) is 4.55. The predicted octanol–water partition coefficient (Wildman–Crippen LogP) is 3.85. The van der Waals surface area contributed by atoms with E-state index in [2.05, 4.69) is 25.3 Å². The van der Waals surface area contributed by atoms with Crippen LogP contribution in [0.15, 0.2) is 18.2 Å². The molecule has 0 saturated heterocycles. The largest absolute Gasteiger partial charge is 0.573 e. The monoisotopic (exact) mass is 427 g/mol. The second-order valence-electron chi connectivity index (χ2n) is 7.29. The van der Waals surface area contributed by atoms with Gasteiger partial charge in [0.2, 0.25) is 11.9 Å². The molecule has 0 aliphatic carbocycles. The number of fused-ring (bicyclic) bond motifs is 1. The van der Waals surface area contributed by atoms with Crippen LogP contribution < -0.4 is 20.3 Å². The number of benzene rings is 1. The van der Waals surface area contributed by atoms with Gasteiger partial charge in [-0.2, -0.15) is 4.98 Å². The maximum Gasteiger partial charge on any atom is 0.573 e. The van der Waals surface area contributed by atoms with Crippen LogP contribution in [-0.2, 0) is 11.3 Å². The van der Waals surface area contributed by atoms with Gasteiger partial charge in [0.1, 0.15) is 11.7 Å². The number of hydrogen-bond acceptors (Lipinski definition) is 6. The van der Waals surface area contributed by atoms with E-state index >= 15 is 0 Å². The van der Waals surface area contributed by atoms with Crippen LogP contribution in [0.4, 0.5) is 35.0 Å². The maximum absolute atomic E-state index is 13.9. The number of carbonyl (C=O) groups is 1. The van der Waals surface area contributed by atoms with Crippen molar-refractivity contribution in [2.75, 3.05) is 22.6 Å². The zero-order valence-corrected chi connectivity index (χ0v) is 16.8. The van der Waals surface area contributed by atoms with E-state index in [9.17, 15) is 22.4 Å². The summed E-state index contributed by atoms with van der Waals surface area (Å²) in [6.07, 6.45) is -4.97. The predicted molar refractivity (Wildman–Crippen MR) is 103 cm³/mol. The zero-order chi connectivity index (χ0) is 22.2. The van der Waals surface area contributed by atoms with Gasteiger partial charge in [0.25, 0.3) is 0 Å². The minimum absolute atomic E-state index is 0.0511. The highest BCUT2D eigenvalue weighted by atomic mass is 19.4. The second-order valence-corrected chi connectivity index (χ2v) is 7.29. The van der Waals surface area contributed by atoms with Crippen molar-refractivity contribution in [2.45, 2.75) is 39.7 Å². The van der Waals surface area contributed by atoms with Gasteiger partial charge >= 0.3 is 6.36 Å². The molecule has 11 heteroatoms. The molecular weight excluding hydrogens is 406 g/mol. The van der Waals surface area contributed by atoms with Crippen molar-refractivity contribution in [3.63, 3.8) is 0 Å². The van der Waals surface area contributed by atoms with Crippen molar-refractivity contribution in [3.05, 3.63) is 35.3 Å². The summed E-state index contributed by atoms with van der Waals surface area (Å²) < 4.78 is 54.2. The molecule has 1 unspecified atom stereocenters. The number of likely N-dealkylation sites (N-methyl/N-ethyl adjacent to an activating group) is 1. The lowest BCUT2D eigenvalue weighted by Gasteiger charge is -2.36. The fourth-order valence-electron chi connectivity index (χ4n) is 3.34. The van der Waals surface area contributed by atoms with Crippen LogP contribution >= 0.6 is 0 Å². The van der Waals surface area contributed by atoms with Crippen LogP contribution in [0, 0.1) is 18.7 Å². The lowest BCUT2D eigenvalue weighted by molar-refractivity contribution is -0.275. The Bertz CT molecular complexity index is 965. The molecule has 1 amide bonds. The standard InChI is InChI=1S/C19H21F4N5O2/c1-9(2)15-17(29)26-14-10(3)25-18(27-16(14)28(15)4)24-8-11-5-6-13(12(20)7-11)30-19(21,22)23/h5-7,9,15H,8H2,1-4H3,(H,26,29)(H,24,25,27). The van der Waals surface area contributed by atoms with Gasteiger partial charge in [-0.1, -0.05) is 19.9 Å². The molecule has 30 heavy (non-hydrogen) atoms. The Labute approximate surface area is 170 Å². The van der Waals surface area contributed by atoms with Crippen LogP contribution in [0.25, 0.3) is 0 Å². The van der Waals surface area contributed by atoms with E-state index in [0.29, 0.717) is 22.8 Å². The minimum Gasteiger partial charge on any atom is -0.403 e. The highest BCUT2D eigenvalue weighted by molar-refractivity contribution is 6.03. The Morgan fingerprint density at radius 2 is 2.00 bits per heavy atom. The maximum atomic E-state index is 13.9. The molecule has 0 fully saturated rings. The summed E-state index contributed by atoms with van der Waals surface area (Å²) >= 11 is 0. The van der Waals surface area contributed by atoms with Gasteiger partial charge in [-0.25, -0.2) is 9.37 Å². The first-order valence-electron chi connectivity index (χ1n) is 9.16. The van der Waals surface area contributed by atoms with E-state index in [-0.39, 0.29) is 24.3 Å². The molecule has 0 spiro atoms.